The highest BCUT2D eigenvalue weighted by Crippen LogP contribution is 2.21. The van der Waals surface area contributed by atoms with Crippen molar-refractivity contribution >= 4 is 45.6 Å². The average molecular weight is 537 g/mol. The number of fused-ring (bicyclic) bond motifs is 1. The summed E-state index contributed by atoms with van der Waals surface area (Å²) in [5, 5.41) is 5.30. The summed E-state index contributed by atoms with van der Waals surface area (Å²) in [5.74, 6) is 0.643. The van der Waals surface area contributed by atoms with E-state index >= 15 is 0 Å². The molecule has 0 atom stereocenters. The maximum Gasteiger partial charge on any atom is 0.244 e. The van der Waals surface area contributed by atoms with Gasteiger partial charge in [0.05, 0.1) is 19.2 Å². The Morgan fingerprint density at radius 1 is 1.03 bits per heavy atom. The smallest absolute Gasteiger partial charge is 0.244 e. The van der Waals surface area contributed by atoms with Crippen LogP contribution in [0.15, 0.2) is 84.1 Å². The lowest BCUT2D eigenvalue weighted by atomic mass is 10.1. The molecular weight excluding hydrogens is 513 g/mol. The standard InChI is InChI=1S/C26H24IN3O2/c1-2-32-23-13-9-19(10-14-23)15-26(31)29-28-16-21-18-30(25-6-4-3-5-24(21)25)17-20-7-11-22(27)12-8-20/h3-14,16,18H,2,15,17H2,1H3,(H,29,31)/b28-16-. The van der Waals surface area contributed by atoms with Gasteiger partial charge in [0.15, 0.2) is 0 Å². The highest BCUT2D eigenvalue weighted by atomic mass is 127. The number of rotatable bonds is 8. The minimum absolute atomic E-state index is 0.159. The zero-order valence-electron chi connectivity index (χ0n) is 17.8. The fourth-order valence-corrected chi connectivity index (χ4v) is 3.92. The summed E-state index contributed by atoms with van der Waals surface area (Å²) in [6.07, 6.45) is 4.05. The minimum atomic E-state index is -0.159. The Morgan fingerprint density at radius 3 is 2.50 bits per heavy atom. The fourth-order valence-electron chi connectivity index (χ4n) is 3.56. The molecule has 1 heterocycles. The van der Waals surface area contributed by atoms with Crippen molar-refractivity contribution in [3.63, 3.8) is 0 Å². The van der Waals surface area contributed by atoms with Crippen LogP contribution in [0.4, 0.5) is 0 Å². The molecule has 0 radical (unpaired) electrons. The van der Waals surface area contributed by atoms with E-state index in [0.717, 1.165) is 34.3 Å². The van der Waals surface area contributed by atoms with Crippen molar-refractivity contribution in [2.24, 2.45) is 5.10 Å². The predicted molar refractivity (Wildman–Crippen MR) is 137 cm³/mol. The topological polar surface area (TPSA) is 55.6 Å². The Kier molecular flexibility index (Phi) is 7.21. The number of nitrogens with one attached hydrogen (secondary N) is 1. The van der Waals surface area contributed by atoms with Crippen LogP contribution in [0.3, 0.4) is 0 Å². The zero-order valence-corrected chi connectivity index (χ0v) is 20.0. The lowest BCUT2D eigenvalue weighted by molar-refractivity contribution is -0.120. The summed E-state index contributed by atoms with van der Waals surface area (Å²) in [6.45, 7) is 3.34. The number of hydrazone groups is 1. The Morgan fingerprint density at radius 2 is 1.75 bits per heavy atom. The summed E-state index contributed by atoms with van der Waals surface area (Å²) < 4.78 is 8.86. The van der Waals surface area contributed by atoms with Crippen LogP contribution in [0.2, 0.25) is 0 Å². The molecule has 0 bridgehead atoms. The summed E-state index contributed by atoms with van der Waals surface area (Å²) in [6, 6.07) is 24.3. The molecule has 1 N–H and O–H groups in total. The van der Waals surface area contributed by atoms with E-state index in [4.69, 9.17) is 4.74 Å². The summed E-state index contributed by atoms with van der Waals surface area (Å²) in [7, 11) is 0. The van der Waals surface area contributed by atoms with Gasteiger partial charge < -0.3 is 9.30 Å². The molecule has 1 aromatic heterocycles. The number of halogens is 1. The van der Waals surface area contributed by atoms with E-state index in [0.29, 0.717) is 6.61 Å². The van der Waals surface area contributed by atoms with Crippen molar-refractivity contribution in [2.75, 3.05) is 6.61 Å². The number of hydrogen-bond donors (Lipinski definition) is 1. The first kappa shape index (κ1) is 22.1. The highest BCUT2D eigenvalue weighted by Gasteiger charge is 2.08. The summed E-state index contributed by atoms with van der Waals surface area (Å²) >= 11 is 2.31. The van der Waals surface area contributed by atoms with Gasteiger partial charge in [-0.2, -0.15) is 5.10 Å². The van der Waals surface area contributed by atoms with Gasteiger partial charge in [-0.3, -0.25) is 4.79 Å². The SMILES string of the molecule is CCOc1ccc(CC(=O)N/N=C\c2cn(Cc3ccc(I)cc3)c3ccccc23)cc1. The molecule has 3 aromatic carbocycles. The number of hydrogen-bond acceptors (Lipinski definition) is 3. The van der Waals surface area contributed by atoms with Crippen molar-refractivity contribution in [3.8, 4) is 5.75 Å². The first-order valence-corrected chi connectivity index (χ1v) is 11.6. The van der Waals surface area contributed by atoms with Crippen molar-refractivity contribution in [1.29, 1.82) is 0 Å². The maximum atomic E-state index is 12.3. The van der Waals surface area contributed by atoms with Crippen molar-refractivity contribution < 1.29 is 9.53 Å². The molecule has 0 saturated heterocycles. The van der Waals surface area contributed by atoms with Crippen LogP contribution in [0, 0.1) is 3.57 Å². The number of nitrogens with zero attached hydrogens (tertiary/aromatic N) is 2. The van der Waals surface area contributed by atoms with Crippen LogP contribution in [-0.4, -0.2) is 23.3 Å². The second-order valence-corrected chi connectivity index (χ2v) is 8.65. The van der Waals surface area contributed by atoms with Crippen LogP contribution in [-0.2, 0) is 17.8 Å². The number of aromatic nitrogens is 1. The van der Waals surface area contributed by atoms with Crippen LogP contribution < -0.4 is 10.2 Å². The quantitative estimate of drug-likeness (QED) is 0.186. The lowest BCUT2D eigenvalue weighted by Gasteiger charge is -2.05. The van der Waals surface area contributed by atoms with E-state index in [9.17, 15) is 4.79 Å². The van der Waals surface area contributed by atoms with E-state index in [1.165, 1.54) is 9.13 Å². The van der Waals surface area contributed by atoms with Crippen LogP contribution in [0.5, 0.6) is 5.75 Å². The Balaban J connectivity index is 1.44. The van der Waals surface area contributed by atoms with E-state index in [-0.39, 0.29) is 12.3 Å². The summed E-state index contributed by atoms with van der Waals surface area (Å²) in [5.41, 5.74) is 6.88. The molecule has 0 spiro atoms. The molecule has 6 heteroatoms. The Bertz CT molecular complexity index is 1230. The number of para-hydroxylation sites is 1. The van der Waals surface area contributed by atoms with Gasteiger partial charge in [0, 0.05) is 32.8 Å². The van der Waals surface area contributed by atoms with Gasteiger partial charge in [-0.25, -0.2) is 5.43 Å². The molecule has 0 aliphatic rings. The van der Waals surface area contributed by atoms with Crippen molar-refractivity contribution in [2.45, 2.75) is 19.9 Å². The maximum absolute atomic E-state index is 12.3. The zero-order chi connectivity index (χ0) is 22.3. The third kappa shape index (κ3) is 5.56. The first-order chi connectivity index (χ1) is 15.6. The minimum Gasteiger partial charge on any atom is -0.494 e. The van der Waals surface area contributed by atoms with E-state index in [1.807, 2.05) is 43.3 Å². The van der Waals surface area contributed by atoms with Crippen molar-refractivity contribution in [3.05, 3.63) is 99.3 Å². The molecule has 0 saturated carbocycles. The van der Waals surface area contributed by atoms with Gasteiger partial charge in [-0.1, -0.05) is 42.5 Å². The number of amides is 1. The average Bonchev–Trinajstić information content (AvgIpc) is 3.14. The molecule has 0 unspecified atom stereocenters. The number of carbonyl (C=O) groups excluding carboxylic acids is 1. The number of ether oxygens (including phenoxy) is 1. The number of carbonyl (C=O) groups is 1. The van der Waals surface area contributed by atoms with E-state index in [1.54, 1.807) is 6.21 Å². The molecule has 1 amide bonds. The molecule has 0 fully saturated rings. The van der Waals surface area contributed by atoms with Crippen LogP contribution in [0.1, 0.15) is 23.6 Å². The normalized spacial score (nSPS) is 11.2. The third-order valence-electron chi connectivity index (χ3n) is 5.08. The second kappa shape index (κ2) is 10.5. The molecular formula is C26H24IN3O2. The predicted octanol–water partition coefficient (Wildman–Crippen LogP) is 5.39. The monoisotopic (exact) mass is 537 g/mol. The third-order valence-corrected chi connectivity index (χ3v) is 5.80. The van der Waals surface area contributed by atoms with Crippen LogP contribution >= 0.6 is 22.6 Å². The fraction of sp³-hybridized carbons (Fsp3) is 0.154. The first-order valence-electron chi connectivity index (χ1n) is 10.5. The largest absolute Gasteiger partial charge is 0.494 e. The lowest BCUT2D eigenvalue weighted by Crippen LogP contribution is -2.19. The molecule has 5 nitrogen and oxygen atoms in total. The van der Waals surface area contributed by atoms with Gasteiger partial charge in [0.2, 0.25) is 5.91 Å². The number of benzene rings is 3. The van der Waals surface area contributed by atoms with Gasteiger partial charge >= 0.3 is 0 Å². The molecule has 0 aliphatic heterocycles. The van der Waals surface area contributed by atoms with E-state index in [2.05, 4.69) is 80.3 Å². The Hall–Kier alpha value is -3.13. The van der Waals surface area contributed by atoms with Gasteiger partial charge in [0.1, 0.15) is 5.75 Å². The molecule has 32 heavy (non-hydrogen) atoms. The van der Waals surface area contributed by atoms with Crippen LogP contribution in [0.25, 0.3) is 10.9 Å². The van der Waals surface area contributed by atoms with Gasteiger partial charge in [-0.05, 0) is 71.0 Å². The van der Waals surface area contributed by atoms with Gasteiger partial charge in [0.25, 0.3) is 0 Å². The highest BCUT2D eigenvalue weighted by molar-refractivity contribution is 14.1. The van der Waals surface area contributed by atoms with Crippen molar-refractivity contribution in [1.82, 2.24) is 9.99 Å². The molecule has 162 valence electrons. The Labute approximate surface area is 201 Å². The molecule has 0 aliphatic carbocycles. The molecule has 4 aromatic rings. The second-order valence-electron chi connectivity index (χ2n) is 7.40. The molecule has 4 rings (SSSR count). The van der Waals surface area contributed by atoms with E-state index < -0.39 is 0 Å². The van der Waals surface area contributed by atoms with Gasteiger partial charge in [-0.15, -0.1) is 0 Å². The summed E-state index contributed by atoms with van der Waals surface area (Å²) in [4.78, 5) is 12.3.